The molecule has 1 aliphatic carbocycles. The van der Waals surface area contributed by atoms with Crippen LogP contribution in [0.5, 0.6) is 11.5 Å². The van der Waals surface area contributed by atoms with Crippen molar-refractivity contribution in [2.75, 3.05) is 26.8 Å². The number of methoxy groups -OCH3 is 1. The number of carbonyl (C=O) groups excluding carboxylic acids is 1. The third kappa shape index (κ3) is 4.70. The maximum atomic E-state index is 12.3. The fourth-order valence-corrected chi connectivity index (χ4v) is 3.44. The van der Waals surface area contributed by atoms with Crippen LogP contribution in [0, 0.1) is 17.2 Å². The largest absolute Gasteiger partial charge is 0.493 e. The fourth-order valence-electron chi connectivity index (χ4n) is 3.44. The highest BCUT2D eigenvalue weighted by atomic mass is 16.6. The summed E-state index contributed by atoms with van der Waals surface area (Å²) in [6.07, 6.45) is 3.24. The van der Waals surface area contributed by atoms with Gasteiger partial charge in [0.15, 0.2) is 11.5 Å². The van der Waals surface area contributed by atoms with Gasteiger partial charge in [-0.1, -0.05) is 6.07 Å². The predicted octanol–water partition coefficient (Wildman–Crippen LogP) is 4.28. The molecule has 1 heterocycles. The van der Waals surface area contributed by atoms with Crippen LogP contribution in [0.25, 0.3) is 0 Å². The highest BCUT2D eigenvalue weighted by Gasteiger charge is 2.39. The molecule has 0 N–H and O–H groups in total. The summed E-state index contributed by atoms with van der Waals surface area (Å²) in [5, 5.41) is 10.00. The molecule has 6 heteroatoms. The number of nitrogens with zero attached hydrogens (tertiary/aromatic N) is 2. The second-order valence-corrected chi connectivity index (χ2v) is 8.78. The zero-order valence-corrected chi connectivity index (χ0v) is 17.3. The number of hydrogen-bond donors (Lipinski definition) is 0. The van der Waals surface area contributed by atoms with Crippen molar-refractivity contribution < 1.29 is 19.0 Å². The van der Waals surface area contributed by atoms with E-state index in [4.69, 9.17) is 14.2 Å². The summed E-state index contributed by atoms with van der Waals surface area (Å²) in [6.45, 7) is 7.24. The first-order chi connectivity index (χ1) is 13.3. The number of rotatable bonds is 5. The van der Waals surface area contributed by atoms with Crippen molar-refractivity contribution >= 4 is 6.09 Å². The van der Waals surface area contributed by atoms with E-state index in [0.717, 1.165) is 5.56 Å². The number of benzene rings is 1. The number of piperidine rings is 1. The number of likely N-dealkylation sites (tertiary alicyclic amines) is 1. The van der Waals surface area contributed by atoms with Crippen LogP contribution < -0.4 is 9.47 Å². The number of ether oxygens (including phenoxy) is 3. The number of carbonyl (C=O) groups is 1. The monoisotopic (exact) mass is 386 g/mol. The lowest BCUT2D eigenvalue weighted by atomic mass is 9.74. The molecule has 2 aliphatic rings. The van der Waals surface area contributed by atoms with Gasteiger partial charge in [-0.25, -0.2) is 4.79 Å². The Morgan fingerprint density at radius 1 is 1.25 bits per heavy atom. The lowest BCUT2D eigenvalue weighted by molar-refractivity contribution is 0.0185. The SMILES string of the molecule is COc1ccc(C2(C#N)CCN(C(=O)OC(C)(C)C)CC2)cc1OCC1CC1. The summed E-state index contributed by atoms with van der Waals surface area (Å²) in [7, 11) is 1.62. The third-order valence-electron chi connectivity index (χ3n) is 5.37. The van der Waals surface area contributed by atoms with Gasteiger partial charge in [-0.3, -0.25) is 0 Å². The topological polar surface area (TPSA) is 71.8 Å². The summed E-state index contributed by atoms with van der Waals surface area (Å²) in [4.78, 5) is 14.0. The van der Waals surface area contributed by atoms with Gasteiger partial charge in [-0.2, -0.15) is 5.26 Å². The quantitative estimate of drug-likeness (QED) is 0.755. The second kappa shape index (κ2) is 7.90. The van der Waals surface area contributed by atoms with E-state index in [9.17, 15) is 10.1 Å². The van der Waals surface area contributed by atoms with Gasteiger partial charge in [-0.05, 0) is 70.1 Å². The molecule has 28 heavy (non-hydrogen) atoms. The van der Waals surface area contributed by atoms with Crippen molar-refractivity contribution in [1.29, 1.82) is 5.26 Å². The molecule has 2 fully saturated rings. The third-order valence-corrected chi connectivity index (χ3v) is 5.37. The molecule has 0 bridgehead atoms. The molecule has 0 radical (unpaired) electrons. The Hall–Kier alpha value is -2.42. The van der Waals surface area contributed by atoms with Crippen molar-refractivity contribution in [2.45, 2.75) is 57.5 Å². The molecule has 0 spiro atoms. The Morgan fingerprint density at radius 2 is 1.93 bits per heavy atom. The summed E-state index contributed by atoms with van der Waals surface area (Å²) in [5.74, 6) is 2.01. The van der Waals surface area contributed by atoms with Gasteiger partial charge in [0.05, 0.1) is 25.2 Å². The first-order valence-corrected chi connectivity index (χ1v) is 9.97. The van der Waals surface area contributed by atoms with E-state index in [1.165, 1.54) is 12.8 Å². The molecule has 0 unspecified atom stereocenters. The molecule has 1 aromatic rings. The first-order valence-electron chi connectivity index (χ1n) is 9.97. The minimum atomic E-state index is -0.636. The van der Waals surface area contributed by atoms with Crippen LogP contribution in [-0.4, -0.2) is 43.4 Å². The van der Waals surface area contributed by atoms with Crippen molar-refractivity contribution in [2.24, 2.45) is 5.92 Å². The molecule has 6 nitrogen and oxygen atoms in total. The van der Waals surface area contributed by atoms with Crippen LogP contribution in [0.4, 0.5) is 4.79 Å². The molecule has 1 aromatic carbocycles. The molecule has 0 atom stereocenters. The van der Waals surface area contributed by atoms with Gasteiger partial charge in [-0.15, -0.1) is 0 Å². The maximum absolute atomic E-state index is 12.3. The van der Waals surface area contributed by atoms with Crippen LogP contribution in [0.3, 0.4) is 0 Å². The maximum Gasteiger partial charge on any atom is 0.410 e. The highest BCUT2D eigenvalue weighted by Crippen LogP contribution is 2.40. The average Bonchev–Trinajstić information content (AvgIpc) is 3.49. The zero-order valence-electron chi connectivity index (χ0n) is 17.3. The van der Waals surface area contributed by atoms with Crippen LogP contribution in [0.15, 0.2) is 18.2 Å². The Bertz CT molecular complexity index is 751. The van der Waals surface area contributed by atoms with Gasteiger partial charge in [0.2, 0.25) is 0 Å². The highest BCUT2D eigenvalue weighted by molar-refractivity contribution is 5.68. The van der Waals surface area contributed by atoms with Gasteiger partial charge < -0.3 is 19.1 Å². The average molecular weight is 386 g/mol. The van der Waals surface area contributed by atoms with Crippen molar-refractivity contribution in [3.05, 3.63) is 23.8 Å². The van der Waals surface area contributed by atoms with E-state index >= 15 is 0 Å². The molecule has 3 rings (SSSR count). The Balaban J connectivity index is 1.73. The van der Waals surface area contributed by atoms with E-state index in [2.05, 4.69) is 6.07 Å². The first kappa shape index (κ1) is 20.3. The van der Waals surface area contributed by atoms with Crippen molar-refractivity contribution in [1.82, 2.24) is 4.90 Å². The van der Waals surface area contributed by atoms with E-state index in [1.807, 2.05) is 39.0 Å². The van der Waals surface area contributed by atoms with Crippen LogP contribution in [-0.2, 0) is 10.2 Å². The molecular formula is C22H30N2O4. The van der Waals surface area contributed by atoms with Crippen LogP contribution in [0.2, 0.25) is 0 Å². The standard InChI is InChI=1S/C22H30N2O4/c1-21(2,3)28-20(25)24-11-9-22(15-23,10-12-24)17-7-8-18(26-4)19(13-17)27-14-16-5-6-16/h7-8,13,16H,5-6,9-12,14H2,1-4H3. The van der Waals surface area contributed by atoms with E-state index < -0.39 is 11.0 Å². The van der Waals surface area contributed by atoms with E-state index in [0.29, 0.717) is 50.0 Å². The van der Waals surface area contributed by atoms with Gasteiger partial charge >= 0.3 is 6.09 Å². The molecule has 152 valence electrons. The summed E-state index contributed by atoms with van der Waals surface area (Å²) < 4.78 is 16.9. The molecule has 1 aliphatic heterocycles. The zero-order chi connectivity index (χ0) is 20.4. The molecule has 1 amide bonds. The Morgan fingerprint density at radius 3 is 2.46 bits per heavy atom. The molecule has 1 saturated heterocycles. The number of nitriles is 1. The van der Waals surface area contributed by atoms with Crippen molar-refractivity contribution in [3.63, 3.8) is 0 Å². The Kier molecular flexibility index (Phi) is 5.74. The minimum absolute atomic E-state index is 0.317. The summed E-state index contributed by atoms with van der Waals surface area (Å²) >= 11 is 0. The van der Waals surface area contributed by atoms with Crippen LogP contribution >= 0.6 is 0 Å². The lowest BCUT2D eigenvalue weighted by Crippen LogP contribution is -2.46. The smallest absolute Gasteiger partial charge is 0.410 e. The minimum Gasteiger partial charge on any atom is -0.493 e. The Labute approximate surface area is 167 Å². The van der Waals surface area contributed by atoms with Gasteiger partial charge in [0.1, 0.15) is 5.60 Å². The van der Waals surface area contributed by atoms with Crippen molar-refractivity contribution in [3.8, 4) is 17.6 Å². The van der Waals surface area contributed by atoms with Crippen LogP contribution in [0.1, 0.15) is 52.0 Å². The molecule has 1 saturated carbocycles. The fraction of sp³-hybridized carbons (Fsp3) is 0.636. The number of hydrogen-bond acceptors (Lipinski definition) is 5. The summed E-state index contributed by atoms with van der Waals surface area (Å²) in [6, 6.07) is 8.26. The molecule has 0 aromatic heterocycles. The molecular weight excluding hydrogens is 356 g/mol. The normalized spacial score (nSPS) is 18.9. The summed E-state index contributed by atoms with van der Waals surface area (Å²) in [5.41, 5.74) is -0.238. The number of amides is 1. The van der Waals surface area contributed by atoms with E-state index in [-0.39, 0.29) is 6.09 Å². The van der Waals surface area contributed by atoms with E-state index in [1.54, 1.807) is 12.0 Å². The lowest BCUT2D eigenvalue weighted by Gasteiger charge is -2.38. The van der Waals surface area contributed by atoms with Gasteiger partial charge in [0.25, 0.3) is 0 Å². The van der Waals surface area contributed by atoms with Gasteiger partial charge in [0, 0.05) is 13.1 Å². The predicted molar refractivity (Wildman–Crippen MR) is 106 cm³/mol. The second-order valence-electron chi connectivity index (χ2n) is 8.78.